The predicted molar refractivity (Wildman–Crippen MR) is 74.8 cm³/mol. The maximum atomic E-state index is 12.3. The zero-order valence-corrected chi connectivity index (χ0v) is 12.7. The summed E-state index contributed by atoms with van der Waals surface area (Å²) in [6.45, 7) is 1.87. The molecule has 1 aliphatic heterocycles. The lowest BCUT2D eigenvalue weighted by Gasteiger charge is -2.22. The normalized spacial score (nSPS) is 21.4. The number of aryl methyl sites for hydroxylation is 1. The molecule has 1 atom stereocenters. The number of hydrogen-bond donors (Lipinski definition) is 0. The molecule has 9 heteroatoms. The Morgan fingerprint density at radius 1 is 1.55 bits per heavy atom. The standard InChI is InChI=1S/C11H14N4O3S2/c1-7-13-15-5-9(12-11(15)19-7)10(16)14(2)8-3-4-20(17,18)6-8/h5,8H,3-4,6H2,1-2H3. The number of hydrogen-bond acceptors (Lipinski definition) is 6. The van der Waals surface area contributed by atoms with Crippen LogP contribution in [0.25, 0.3) is 4.96 Å². The van der Waals surface area contributed by atoms with Gasteiger partial charge in [-0.05, 0) is 13.3 Å². The molecule has 2 aromatic heterocycles. The maximum absolute atomic E-state index is 12.3. The van der Waals surface area contributed by atoms with Gasteiger partial charge in [0.25, 0.3) is 5.91 Å². The van der Waals surface area contributed by atoms with Crippen LogP contribution in [0.1, 0.15) is 21.9 Å². The van der Waals surface area contributed by atoms with Gasteiger partial charge in [0, 0.05) is 13.1 Å². The van der Waals surface area contributed by atoms with Crippen LogP contribution >= 0.6 is 11.3 Å². The Balaban J connectivity index is 1.82. The number of imidazole rings is 1. The number of fused-ring (bicyclic) bond motifs is 1. The highest BCUT2D eigenvalue weighted by Gasteiger charge is 2.33. The molecule has 1 fully saturated rings. The van der Waals surface area contributed by atoms with Crippen LogP contribution in [0.5, 0.6) is 0 Å². The summed E-state index contributed by atoms with van der Waals surface area (Å²) >= 11 is 1.41. The number of amides is 1. The summed E-state index contributed by atoms with van der Waals surface area (Å²) in [6.07, 6.45) is 2.07. The summed E-state index contributed by atoms with van der Waals surface area (Å²) in [7, 11) is -1.38. The van der Waals surface area contributed by atoms with Crippen LogP contribution in [0.3, 0.4) is 0 Å². The summed E-state index contributed by atoms with van der Waals surface area (Å²) in [5, 5.41) is 5.08. The first-order chi connectivity index (χ1) is 9.35. The zero-order valence-electron chi connectivity index (χ0n) is 11.1. The van der Waals surface area contributed by atoms with Crippen molar-refractivity contribution >= 4 is 32.0 Å². The Morgan fingerprint density at radius 3 is 2.90 bits per heavy atom. The van der Waals surface area contributed by atoms with Crippen molar-refractivity contribution in [2.75, 3.05) is 18.6 Å². The lowest BCUT2D eigenvalue weighted by molar-refractivity contribution is 0.0742. The van der Waals surface area contributed by atoms with Crippen LogP contribution in [0.4, 0.5) is 0 Å². The summed E-state index contributed by atoms with van der Waals surface area (Å²) in [5.74, 6) is -0.0780. The van der Waals surface area contributed by atoms with Crippen molar-refractivity contribution in [1.82, 2.24) is 19.5 Å². The second-order valence-corrected chi connectivity index (χ2v) is 8.34. The van der Waals surface area contributed by atoms with Gasteiger partial charge in [-0.25, -0.2) is 17.9 Å². The molecule has 0 bridgehead atoms. The van der Waals surface area contributed by atoms with E-state index < -0.39 is 9.84 Å². The van der Waals surface area contributed by atoms with Crippen LogP contribution in [-0.2, 0) is 9.84 Å². The third-order valence-corrected chi connectivity index (χ3v) is 6.03. The minimum atomic E-state index is -3.01. The van der Waals surface area contributed by atoms with E-state index in [1.807, 2.05) is 6.92 Å². The largest absolute Gasteiger partial charge is 0.336 e. The molecule has 0 N–H and O–H groups in total. The van der Waals surface area contributed by atoms with Gasteiger partial charge in [-0.15, -0.1) is 0 Å². The van der Waals surface area contributed by atoms with Gasteiger partial charge in [0.15, 0.2) is 9.84 Å². The number of rotatable bonds is 2. The number of carbonyl (C=O) groups is 1. The lowest BCUT2D eigenvalue weighted by Crippen LogP contribution is -2.38. The van der Waals surface area contributed by atoms with Crippen LogP contribution < -0.4 is 0 Å². The predicted octanol–water partition coefficient (Wildman–Crippen LogP) is 0.358. The number of sulfone groups is 1. The Kier molecular flexibility index (Phi) is 3.05. The summed E-state index contributed by atoms with van der Waals surface area (Å²) in [6, 6.07) is -0.262. The van der Waals surface area contributed by atoms with Crippen molar-refractivity contribution in [3.8, 4) is 0 Å². The minimum Gasteiger partial charge on any atom is -0.336 e. The fourth-order valence-corrected chi connectivity index (χ4v) is 4.83. The van der Waals surface area contributed by atoms with E-state index in [2.05, 4.69) is 10.1 Å². The number of carbonyl (C=O) groups excluding carboxylic acids is 1. The van der Waals surface area contributed by atoms with Gasteiger partial charge in [0.05, 0.1) is 17.7 Å². The van der Waals surface area contributed by atoms with Crippen molar-refractivity contribution in [3.05, 3.63) is 16.9 Å². The third kappa shape index (κ3) is 2.31. The van der Waals surface area contributed by atoms with E-state index in [-0.39, 0.29) is 23.5 Å². The second-order valence-electron chi connectivity index (χ2n) is 4.95. The smallest absolute Gasteiger partial charge is 0.274 e. The first-order valence-electron chi connectivity index (χ1n) is 6.16. The molecule has 2 aromatic rings. The SMILES string of the molecule is Cc1nn2cc(C(=O)N(C)C3CCS(=O)(=O)C3)nc2s1. The molecular formula is C11H14N4O3S2. The summed E-state index contributed by atoms with van der Waals surface area (Å²) < 4.78 is 24.5. The first-order valence-corrected chi connectivity index (χ1v) is 8.80. The Morgan fingerprint density at radius 2 is 2.30 bits per heavy atom. The molecule has 0 saturated carbocycles. The summed E-state index contributed by atoms with van der Waals surface area (Å²) in [5.41, 5.74) is 0.301. The fourth-order valence-electron chi connectivity index (χ4n) is 2.33. The van der Waals surface area contributed by atoms with E-state index in [0.717, 1.165) is 5.01 Å². The molecule has 0 aliphatic carbocycles. The number of aromatic nitrogens is 3. The van der Waals surface area contributed by atoms with Gasteiger partial charge in [-0.1, -0.05) is 11.3 Å². The quantitative estimate of drug-likeness (QED) is 0.799. The zero-order chi connectivity index (χ0) is 14.5. The van der Waals surface area contributed by atoms with Crippen molar-refractivity contribution in [1.29, 1.82) is 0 Å². The Bertz CT molecular complexity index is 745. The van der Waals surface area contributed by atoms with Gasteiger partial charge in [0.2, 0.25) is 4.96 Å². The van der Waals surface area contributed by atoms with E-state index >= 15 is 0 Å². The summed E-state index contributed by atoms with van der Waals surface area (Å²) in [4.78, 5) is 18.7. The average Bonchev–Trinajstić information content (AvgIpc) is 2.99. The van der Waals surface area contributed by atoms with Crippen molar-refractivity contribution in [2.45, 2.75) is 19.4 Å². The van der Waals surface area contributed by atoms with Crippen molar-refractivity contribution < 1.29 is 13.2 Å². The molecule has 1 unspecified atom stereocenters. The van der Waals surface area contributed by atoms with Gasteiger partial charge in [0.1, 0.15) is 10.7 Å². The lowest BCUT2D eigenvalue weighted by atomic mass is 10.2. The van der Waals surface area contributed by atoms with Crippen LogP contribution in [0.15, 0.2) is 6.20 Å². The molecule has 108 valence electrons. The fraction of sp³-hybridized carbons (Fsp3) is 0.545. The molecule has 0 radical (unpaired) electrons. The van der Waals surface area contributed by atoms with Crippen LogP contribution in [0, 0.1) is 6.92 Å². The van der Waals surface area contributed by atoms with E-state index in [1.54, 1.807) is 17.8 Å². The molecule has 0 spiro atoms. The Hall–Kier alpha value is -1.48. The van der Waals surface area contributed by atoms with Crippen molar-refractivity contribution in [3.63, 3.8) is 0 Å². The Labute approximate surface area is 120 Å². The highest BCUT2D eigenvalue weighted by molar-refractivity contribution is 7.91. The number of nitrogens with zero attached hydrogens (tertiary/aromatic N) is 4. The van der Waals surface area contributed by atoms with Crippen molar-refractivity contribution in [2.24, 2.45) is 0 Å². The first kappa shape index (κ1) is 13.5. The highest BCUT2D eigenvalue weighted by Crippen LogP contribution is 2.19. The second kappa shape index (κ2) is 4.52. The van der Waals surface area contributed by atoms with Crippen LogP contribution in [0.2, 0.25) is 0 Å². The molecule has 1 aliphatic rings. The van der Waals surface area contributed by atoms with Gasteiger partial charge < -0.3 is 4.90 Å². The maximum Gasteiger partial charge on any atom is 0.274 e. The van der Waals surface area contributed by atoms with Gasteiger partial charge in [-0.3, -0.25) is 4.79 Å². The molecule has 7 nitrogen and oxygen atoms in total. The molecule has 3 heterocycles. The minimum absolute atomic E-state index is 0.0365. The molecule has 3 rings (SSSR count). The monoisotopic (exact) mass is 314 g/mol. The highest BCUT2D eigenvalue weighted by atomic mass is 32.2. The van der Waals surface area contributed by atoms with E-state index in [9.17, 15) is 13.2 Å². The van der Waals surface area contributed by atoms with E-state index in [4.69, 9.17) is 0 Å². The third-order valence-electron chi connectivity index (χ3n) is 3.44. The molecular weight excluding hydrogens is 300 g/mol. The average molecular weight is 314 g/mol. The topological polar surface area (TPSA) is 84.6 Å². The van der Waals surface area contributed by atoms with Gasteiger partial charge in [-0.2, -0.15) is 5.10 Å². The van der Waals surface area contributed by atoms with Crippen LogP contribution in [-0.4, -0.2) is 58.4 Å². The van der Waals surface area contributed by atoms with Gasteiger partial charge >= 0.3 is 0 Å². The molecule has 0 aromatic carbocycles. The van der Waals surface area contributed by atoms with E-state index in [0.29, 0.717) is 17.1 Å². The van der Waals surface area contributed by atoms with E-state index in [1.165, 1.54) is 16.2 Å². The molecule has 1 saturated heterocycles. The molecule has 20 heavy (non-hydrogen) atoms. The molecule has 1 amide bonds.